The van der Waals surface area contributed by atoms with Crippen LogP contribution in [0.5, 0.6) is 5.75 Å². The van der Waals surface area contributed by atoms with Gasteiger partial charge in [-0.25, -0.2) is 0 Å². The fourth-order valence-electron chi connectivity index (χ4n) is 3.23. The van der Waals surface area contributed by atoms with E-state index in [1.807, 2.05) is 67.6 Å². The van der Waals surface area contributed by atoms with Crippen LogP contribution in [0.25, 0.3) is 10.8 Å². The molecule has 0 fully saturated rings. The van der Waals surface area contributed by atoms with Crippen molar-refractivity contribution in [2.24, 2.45) is 0 Å². The van der Waals surface area contributed by atoms with Crippen molar-refractivity contribution >= 4 is 16.7 Å². The number of aliphatic hydroxyl groups excluding tert-OH is 1. The van der Waals surface area contributed by atoms with Gasteiger partial charge in [-0.15, -0.1) is 0 Å². The summed E-state index contributed by atoms with van der Waals surface area (Å²) < 4.78 is 5.28. The molecule has 3 rings (SSSR count). The lowest BCUT2D eigenvalue weighted by Gasteiger charge is -2.18. The molecule has 0 aromatic heterocycles. The lowest BCUT2D eigenvalue weighted by molar-refractivity contribution is -0.122. The average molecular weight is 363 g/mol. The molecule has 2 N–H and O–H groups in total. The van der Waals surface area contributed by atoms with E-state index in [9.17, 15) is 9.90 Å². The Kier molecular flexibility index (Phi) is 6.09. The van der Waals surface area contributed by atoms with Gasteiger partial charge in [0.15, 0.2) is 0 Å². The molecule has 0 saturated heterocycles. The van der Waals surface area contributed by atoms with Crippen LogP contribution in [0.2, 0.25) is 0 Å². The van der Waals surface area contributed by atoms with Gasteiger partial charge in [-0.1, -0.05) is 42.5 Å². The van der Waals surface area contributed by atoms with Crippen molar-refractivity contribution in [3.63, 3.8) is 0 Å². The van der Waals surface area contributed by atoms with E-state index in [1.54, 1.807) is 7.11 Å². The minimum Gasteiger partial charge on any atom is -0.497 e. The number of rotatable bonds is 7. The van der Waals surface area contributed by atoms with Crippen LogP contribution in [0.1, 0.15) is 29.2 Å². The van der Waals surface area contributed by atoms with Crippen molar-refractivity contribution in [3.05, 3.63) is 77.4 Å². The summed E-state index contributed by atoms with van der Waals surface area (Å²) in [4.78, 5) is 12.4. The number of carbonyl (C=O) groups excluding carboxylic acids is 1. The third-order valence-corrected chi connectivity index (χ3v) is 4.87. The topological polar surface area (TPSA) is 58.6 Å². The van der Waals surface area contributed by atoms with Gasteiger partial charge >= 0.3 is 0 Å². The van der Waals surface area contributed by atoms with Gasteiger partial charge in [0.05, 0.1) is 19.8 Å². The predicted molar refractivity (Wildman–Crippen MR) is 108 cm³/mol. The number of benzene rings is 3. The Morgan fingerprint density at radius 1 is 1.07 bits per heavy atom. The van der Waals surface area contributed by atoms with Gasteiger partial charge in [-0.05, 0) is 59.0 Å². The number of nitrogens with one attached hydrogen (secondary N) is 1. The number of amides is 1. The van der Waals surface area contributed by atoms with Crippen LogP contribution < -0.4 is 10.1 Å². The van der Waals surface area contributed by atoms with E-state index >= 15 is 0 Å². The Bertz CT molecular complexity index is 936. The third kappa shape index (κ3) is 4.66. The molecule has 3 aromatic rings. The van der Waals surface area contributed by atoms with Gasteiger partial charge in [0.2, 0.25) is 5.91 Å². The SMILES string of the molecule is COc1ccc2ccc([C@H](CO)NC(=O)CCc3ccccc3C)cc2c1. The highest BCUT2D eigenvalue weighted by atomic mass is 16.5. The van der Waals surface area contributed by atoms with Crippen LogP contribution in [0.4, 0.5) is 0 Å². The second kappa shape index (κ2) is 8.69. The number of ether oxygens (including phenoxy) is 1. The maximum atomic E-state index is 12.4. The van der Waals surface area contributed by atoms with Gasteiger partial charge in [0, 0.05) is 6.42 Å². The number of fused-ring (bicyclic) bond motifs is 1. The summed E-state index contributed by atoms with van der Waals surface area (Å²) in [5.74, 6) is 0.713. The highest BCUT2D eigenvalue weighted by Crippen LogP contribution is 2.24. The van der Waals surface area contributed by atoms with Gasteiger partial charge < -0.3 is 15.2 Å². The zero-order chi connectivity index (χ0) is 19.2. The maximum Gasteiger partial charge on any atom is 0.220 e. The predicted octanol–water partition coefficient (Wildman–Crippen LogP) is 3.94. The summed E-state index contributed by atoms with van der Waals surface area (Å²) in [5, 5.41) is 14.8. The summed E-state index contributed by atoms with van der Waals surface area (Å²) in [6, 6.07) is 19.4. The van der Waals surface area contributed by atoms with Gasteiger partial charge in [-0.2, -0.15) is 0 Å². The van der Waals surface area contributed by atoms with E-state index in [1.165, 1.54) is 11.1 Å². The summed E-state index contributed by atoms with van der Waals surface area (Å²) >= 11 is 0. The molecule has 3 aromatic carbocycles. The standard InChI is InChI=1S/C23H25NO3/c1-16-5-3-4-6-17(16)10-12-23(26)24-22(15-25)19-8-7-18-9-11-21(27-2)14-20(18)13-19/h3-9,11,13-14,22,25H,10,12,15H2,1-2H3,(H,24,26)/t22-/m0/s1. The van der Waals surface area contributed by atoms with E-state index in [0.29, 0.717) is 12.8 Å². The van der Waals surface area contributed by atoms with E-state index in [0.717, 1.165) is 22.1 Å². The van der Waals surface area contributed by atoms with E-state index in [-0.39, 0.29) is 12.5 Å². The molecule has 1 atom stereocenters. The zero-order valence-corrected chi connectivity index (χ0v) is 15.7. The largest absolute Gasteiger partial charge is 0.497 e. The van der Waals surface area contributed by atoms with Crippen LogP contribution >= 0.6 is 0 Å². The van der Waals surface area contributed by atoms with Crippen LogP contribution in [-0.2, 0) is 11.2 Å². The van der Waals surface area contributed by atoms with Crippen LogP contribution in [0.3, 0.4) is 0 Å². The van der Waals surface area contributed by atoms with Gasteiger partial charge in [0.25, 0.3) is 0 Å². The van der Waals surface area contributed by atoms with Gasteiger partial charge in [-0.3, -0.25) is 4.79 Å². The quantitative estimate of drug-likeness (QED) is 0.668. The number of aliphatic hydroxyl groups is 1. The first kappa shape index (κ1) is 18.9. The molecule has 0 aliphatic heterocycles. The first-order chi connectivity index (χ1) is 13.1. The maximum absolute atomic E-state index is 12.4. The molecule has 0 spiro atoms. The smallest absolute Gasteiger partial charge is 0.220 e. The lowest BCUT2D eigenvalue weighted by Crippen LogP contribution is -2.31. The molecule has 1 amide bonds. The minimum atomic E-state index is -0.426. The fourth-order valence-corrected chi connectivity index (χ4v) is 3.23. The van der Waals surface area contributed by atoms with E-state index in [4.69, 9.17) is 4.74 Å². The monoisotopic (exact) mass is 363 g/mol. The molecule has 4 nitrogen and oxygen atoms in total. The molecule has 27 heavy (non-hydrogen) atoms. The number of hydrogen-bond acceptors (Lipinski definition) is 3. The number of aryl methyl sites for hydroxylation is 2. The summed E-state index contributed by atoms with van der Waals surface area (Å²) in [6.45, 7) is 1.90. The van der Waals surface area contributed by atoms with Gasteiger partial charge in [0.1, 0.15) is 5.75 Å². The Balaban J connectivity index is 1.70. The first-order valence-corrected chi connectivity index (χ1v) is 9.13. The summed E-state index contributed by atoms with van der Waals surface area (Å²) in [5.41, 5.74) is 3.24. The van der Waals surface area contributed by atoms with Crippen molar-refractivity contribution < 1.29 is 14.6 Å². The van der Waals surface area contributed by atoms with E-state index < -0.39 is 6.04 Å². The molecule has 0 aliphatic carbocycles. The van der Waals surface area contributed by atoms with Crippen molar-refractivity contribution in [2.75, 3.05) is 13.7 Å². The Labute approximate surface area is 159 Å². The van der Waals surface area contributed by atoms with Crippen molar-refractivity contribution in [2.45, 2.75) is 25.8 Å². The normalized spacial score (nSPS) is 12.0. The van der Waals surface area contributed by atoms with Crippen LogP contribution in [-0.4, -0.2) is 24.7 Å². The molecule has 140 valence electrons. The fraction of sp³-hybridized carbons (Fsp3) is 0.261. The lowest BCUT2D eigenvalue weighted by atomic mass is 10.0. The second-order valence-corrected chi connectivity index (χ2v) is 6.70. The van der Waals surface area contributed by atoms with Crippen LogP contribution in [0, 0.1) is 6.92 Å². The van der Waals surface area contributed by atoms with E-state index in [2.05, 4.69) is 5.32 Å². The highest BCUT2D eigenvalue weighted by molar-refractivity contribution is 5.85. The zero-order valence-electron chi connectivity index (χ0n) is 15.7. The average Bonchev–Trinajstić information content (AvgIpc) is 2.70. The molecule has 0 aliphatic rings. The molecule has 0 radical (unpaired) electrons. The second-order valence-electron chi connectivity index (χ2n) is 6.70. The molecule has 4 heteroatoms. The first-order valence-electron chi connectivity index (χ1n) is 9.13. The molecule has 0 heterocycles. The molecule has 0 bridgehead atoms. The number of methoxy groups -OCH3 is 1. The van der Waals surface area contributed by atoms with Crippen molar-refractivity contribution in [1.82, 2.24) is 5.32 Å². The van der Waals surface area contributed by atoms with Crippen molar-refractivity contribution in [1.29, 1.82) is 0 Å². The minimum absolute atomic E-state index is 0.0666. The summed E-state index contributed by atoms with van der Waals surface area (Å²) in [7, 11) is 1.64. The molecule has 0 saturated carbocycles. The molecule has 0 unspecified atom stereocenters. The van der Waals surface area contributed by atoms with Crippen molar-refractivity contribution in [3.8, 4) is 5.75 Å². The molecular formula is C23H25NO3. The van der Waals surface area contributed by atoms with Crippen LogP contribution in [0.15, 0.2) is 60.7 Å². The Hall–Kier alpha value is -2.85. The Morgan fingerprint density at radius 3 is 2.59 bits per heavy atom. The summed E-state index contributed by atoms with van der Waals surface area (Å²) in [6.07, 6.45) is 1.08. The highest BCUT2D eigenvalue weighted by Gasteiger charge is 2.14. The number of hydrogen-bond donors (Lipinski definition) is 2. The Morgan fingerprint density at radius 2 is 1.85 bits per heavy atom. The number of carbonyl (C=O) groups is 1. The molecular weight excluding hydrogens is 338 g/mol. The third-order valence-electron chi connectivity index (χ3n) is 4.87.